The summed E-state index contributed by atoms with van der Waals surface area (Å²) in [5.74, 6) is 0.979. The Labute approximate surface area is 157 Å². The van der Waals surface area contributed by atoms with Crippen LogP contribution in [0.3, 0.4) is 0 Å². The largest absolute Gasteiger partial charge is 0.490 e. The van der Waals surface area contributed by atoms with Crippen molar-refractivity contribution in [3.05, 3.63) is 57.8 Å². The van der Waals surface area contributed by atoms with E-state index in [1.165, 1.54) is 6.07 Å². The molecule has 0 atom stereocenters. The van der Waals surface area contributed by atoms with Crippen LogP contribution in [0.15, 0.2) is 40.9 Å². The molecular formula is C18H22BrClFNO2. The van der Waals surface area contributed by atoms with Crippen LogP contribution in [-0.2, 0) is 13.2 Å². The maximum absolute atomic E-state index is 13.7. The van der Waals surface area contributed by atoms with E-state index in [1.807, 2.05) is 19.1 Å². The summed E-state index contributed by atoms with van der Waals surface area (Å²) in [4.78, 5) is 0. The molecule has 0 saturated heterocycles. The van der Waals surface area contributed by atoms with E-state index in [1.54, 1.807) is 18.2 Å². The van der Waals surface area contributed by atoms with Gasteiger partial charge < -0.3 is 14.8 Å². The summed E-state index contributed by atoms with van der Waals surface area (Å²) >= 11 is 3.53. The quantitative estimate of drug-likeness (QED) is 0.647. The fraction of sp³-hybridized carbons (Fsp3) is 0.333. The molecule has 0 amide bonds. The normalized spacial score (nSPS) is 10.2. The van der Waals surface area contributed by atoms with Gasteiger partial charge in [-0.3, -0.25) is 0 Å². The monoisotopic (exact) mass is 417 g/mol. The van der Waals surface area contributed by atoms with Crippen molar-refractivity contribution in [1.29, 1.82) is 0 Å². The molecule has 3 nitrogen and oxygen atoms in total. The lowest BCUT2D eigenvalue weighted by Crippen LogP contribution is -2.12. The second kappa shape index (κ2) is 10.5. The maximum Gasteiger partial charge on any atom is 0.175 e. The Morgan fingerprint density at radius 1 is 1.12 bits per heavy atom. The zero-order valence-electron chi connectivity index (χ0n) is 13.8. The summed E-state index contributed by atoms with van der Waals surface area (Å²) in [5.41, 5.74) is 1.61. The SMILES string of the molecule is CCNCc1cc(Br)c(OCc2ccccc2F)c(OCC)c1.Cl. The molecule has 2 aromatic rings. The van der Waals surface area contributed by atoms with E-state index in [9.17, 15) is 4.39 Å². The summed E-state index contributed by atoms with van der Waals surface area (Å²) in [7, 11) is 0. The molecule has 0 heterocycles. The van der Waals surface area contributed by atoms with Gasteiger partial charge in [0.2, 0.25) is 0 Å². The van der Waals surface area contributed by atoms with Gasteiger partial charge in [0.05, 0.1) is 11.1 Å². The minimum Gasteiger partial charge on any atom is -0.490 e. The zero-order valence-corrected chi connectivity index (χ0v) is 16.2. The van der Waals surface area contributed by atoms with Crippen molar-refractivity contribution < 1.29 is 13.9 Å². The highest BCUT2D eigenvalue weighted by Crippen LogP contribution is 2.37. The average Bonchev–Trinajstić information content (AvgIpc) is 2.54. The van der Waals surface area contributed by atoms with Crippen molar-refractivity contribution in [2.75, 3.05) is 13.2 Å². The molecule has 0 bridgehead atoms. The van der Waals surface area contributed by atoms with E-state index in [2.05, 4.69) is 28.2 Å². The lowest BCUT2D eigenvalue weighted by atomic mass is 10.2. The van der Waals surface area contributed by atoms with Crippen LogP contribution >= 0.6 is 28.3 Å². The average molecular weight is 419 g/mol. The summed E-state index contributed by atoms with van der Waals surface area (Å²) in [6.07, 6.45) is 0. The first-order valence-corrected chi connectivity index (χ1v) is 8.47. The van der Waals surface area contributed by atoms with Crippen LogP contribution in [0.4, 0.5) is 4.39 Å². The number of halogens is 3. The molecule has 1 N–H and O–H groups in total. The summed E-state index contributed by atoms with van der Waals surface area (Å²) in [6, 6.07) is 10.5. The van der Waals surface area contributed by atoms with Crippen LogP contribution in [0, 0.1) is 5.82 Å². The van der Waals surface area contributed by atoms with E-state index in [0.717, 1.165) is 23.1 Å². The van der Waals surface area contributed by atoms with Crippen molar-refractivity contribution in [2.24, 2.45) is 0 Å². The Morgan fingerprint density at radius 2 is 1.88 bits per heavy atom. The standard InChI is InChI=1S/C18H21BrFNO2.ClH/c1-3-21-11-13-9-15(19)18(17(10-13)22-4-2)23-12-14-7-5-6-8-16(14)20;/h5-10,21H,3-4,11-12H2,1-2H3;1H. The third-order valence-electron chi connectivity index (χ3n) is 3.28. The van der Waals surface area contributed by atoms with Crippen LogP contribution < -0.4 is 14.8 Å². The Kier molecular flexibility index (Phi) is 9.11. The third kappa shape index (κ3) is 5.65. The first-order valence-electron chi connectivity index (χ1n) is 7.67. The highest BCUT2D eigenvalue weighted by Gasteiger charge is 2.13. The fourth-order valence-electron chi connectivity index (χ4n) is 2.16. The number of hydrogen-bond acceptors (Lipinski definition) is 3. The molecule has 0 unspecified atom stereocenters. The van der Waals surface area contributed by atoms with Crippen molar-refractivity contribution in [3.63, 3.8) is 0 Å². The lowest BCUT2D eigenvalue weighted by molar-refractivity contribution is 0.264. The van der Waals surface area contributed by atoms with Gasteiger partial charge in [0.25, 0.3) is 0 Å². The number of nitrogens with one attached hydrogen (secondary N) is 1. The van der Waals surface area contributed by atoms with Crippen molar-refractivity contribution in [3.8, 4) is 11.5 Å². The molecule has 0 saturated carbocycles. The van der Waals surface area contributed by atoms with E-state index in [-0.39, 0.29) is 24.8 Å². The van der Waals surface area contributed by atoms with Gasteiger partial charge >= 0.3 is 0 Å². The maximum atomic E-state index is 13.7. The minimum atomic E-state index is -0.273. The zero-order chi connectivity index (χ0) is 16.7. The molecular weight excluding hydrogens is 397 g/mol. The van der Waals surface area contributed by atoms with Gasteiger partial charge in [-0.25, -0.2) is 4.39 Å². The molecule has 0 fully saturated rings. The molecule has 132 valence electrons. The van der Waals surface area contributed by atoms with Crippen LogP contribution in [0.1, 0.15) is 25.0 Å². The first-order chi connectivity index (χ1) is 11.2. The van der Waals surface area contributed by atoms with Crippen molar-refractivity contribution in [2.45, 2.75) is 27.0 Å². The molecule has 2 aromatic carbocycles. The fourth-order valence-corrected chi connectivity index (χ4v) is 2.77. The predicted molar refractivity (Wildman–Crippen MR) is 101 cm³/mol. The highest BCUT2D eigenvalue weighted by atomic mass is 79.9. The van der Waals surface area contributed by atoms with E-state index in [0.29, 0.717) is 23.7 Å². The Bertz CT molecular complexity index is 655. The van der Waals surface area contributed by atoms with Crippen molar-refractivity contribution in [1.82, 2.24) is 5.32 Å². The molecule has 2 rings (SSSR count). The van der Waals surface area contributed by atoms with Gasteiger partial charge in [-0.15, -0.1) is 12.4 Å². The topological polar surface area (TPSA) is 30.5 Å². The van der Waals surface area contributed by atoms with Gasteiger partial charge in [0, 0.05) is 12.1 Å². The summed E-state index contributed by atoms with van der Waals surface area (Å²) in [6.45, 7) is 6.32. The third-order valence-corrected chi connectivity index (χ3v) is 3.87. The van der Waals surface area contributed by atoms with Crippen LogP contribution in [0.5, 0.6) is 11.5 Å². The van der Waals surface area contributed by atoms with Crippen molar-refractivity contribution >= 4 is 28.3 Å². The number of rotatable bonds is 8. The molecule has 0 aromatic heterocycles. The molecule has 6 heteroatoms. The molecule has 0 aliphatic rings. The van der Waals surface area contributed by atoms with E-state index >= 15 is 0 Å². The lowest BCUT2D eigenvalue weighted by Gasteiger charge is -2.16. The molecule has 0 radical (unpaired) electrons. The number of ether oxygens (including phenoxy) is 2. The van der Waals surface area contributed by atoms with Gasteiger partial charge in [-0.05, 0) is 53.2 Å². The summed E-state index contributed by atoms with van der Waals surface area (Å²) < 4.78 is 26.0. The molecule has 0 aliphatic heterocycles. The van der Waals surface area contributed by atoms with Gasteiger partial charge in [0.15, 0.2) is 11.5 Å². The summed E-state index contributed by atoms with van der Waals surface area (Å²) in [5, 5.41) is 3.28. The van der Waals surface area contributed by atoms with E-state index in [4.69, 9.17) is 9.47 Å². The number of hydrogen-bond donors (Lipinski definition) is 1. The Morgan fingerprint density at radius 3 is 2.54 bits per heavy atom. The van der Waals surface area contributed by atoms with E-state index < -0.39 is 0 Å². The second-order valence-corrected chi connectivity index (χ2v) is 5.85. The smallest absolute Gasteiger partial charge is 0.175 e. The van der Waals surface area contributed by atoms with Crippen LogP contribution in [0.25, 0.3) is 0 Å². The molecule has 24 heavy (non-hydrogen) atoms. The Hall–Kier alpha value is -1.30. The van der Waals surface area contributed by atoms with Crippen LogP contribution in [-0.4, -0.2) is 13.2 Å². The second-order valence-electron chi connectivity index (χ2n) is 5.00. The van der Waals surface area contributed by atoms with Crippen LogP contribution in [0.2, 0.25) is 0 Å². The minimum absolute atomic E-state index is 0. The first kappa shape index (κ1) is 20.7. The van der Waals surface area contributed by atoms with Gasteiger partial charge in [0.1, 0.15) is 12.4 Å². The molecule has 0 aliphatic carbocycles. The van der Waals surface area contributed by atoms with Gasteiger partial charge in [-0.2, -0.15) is 0 Å². The highest BCUT2D eigenvalue weighted by molar-refractivity contribution is 9.10. The Balaban J connectivity index is 0.00000288. The number of benzene rings is 2. The predicted octanol–water partition coefficient (Wildman–Crippen LogP) is 5.10. The van der Waals surface area contributed by atoms with Gasteiger partial charge in [-0.1, -0.05) is 25.1 Å². The molecule has 0 spiro atoms.